The van der Waals surface area contributed by atoms with Gasteiger partial charge in [0, 0.05) is 6.04 Å². The first-order valence-electron chi connectivity index (χ1n) is 7.54. The highest BCUT2D eigenvalue weighted by atomic mass is 16.4. The maximum atomic E-state index is 12.3. The number of carboxylic acids is 1. The van der Waals surface area contributed by atoms with Crippen LogP contribution in [0.3, 0.4) is 0 Å². The van der Waals surface area contributed by atoms with Crippen LogP contribution >= 0.6 is 0 Å². The molecule has 1 aliphatic rings. The number of rotatable bonds is 5. The number of carbonyl (C=O) groups is 2. The minimum atomic E-state index is -0.852. The first-order chi connectivity index (χ1) is 9.97. The largest absolute Gasteiger partial charge is 0.481 e. The number of carboxylic acid groups (broad SMARTS) is 1. The van der Waals surface area contributed by atoms with E-state index >= 15 is 0 Å². The molecule has 1 amide bonds. The van der Waals surface area contributed by atoms with Gasteiger partial charge in [-0.3, -0.25) is 9.59 Å². The van der Waals surface area contributed by atoms with E-state index in [1.807, 2.05) is 44.2 Å². The molecular weight excluding hydrogens is 266 g/mol. The minimum absolute atomic E-state index is 0.00486. The first-order valence-corrected chi connectivity index (χ1v) is 7.54. The second-order valence-corrected chi connectivity index (χ2v) is 6.23. The number of aliphatic carboxylic acids is 1. The summed E-state index contributed by atoms with van der Waals surface area (Å²) in [6, 6.07) is 9.97. The average Bonchev–Trinajstić information content (AvgIpc) is 2.82. The summed E-state index contributed by atoms with van der Waals surface area (Å²) in [6.07, 6.45) is 2.02. The van der Waals surface area contributed by atoms with Crippen LogP contribution in [0.1, 0.15) is 32.3 Å². The molecule has 0 aliphatic heterocycles. The lowest BCUT2D eigenvalue weighted by molar-refractivity contribution is -0.146. The molecule has 4 atom stereocenters. The van der Waals surface area contributed by atoms with Gasteiger partial charge in [-0.05, 0) is 37.7 Å². The smallest absolute Gasteiger partial charge is 0.307 e. The summed E-state index contributed by atoms with van der Waals surface area (Å²) in [5.74, 6) is -1.60. The van der Waals surface area contributed by atoms with Gasteiger partial charge >= 0.3 is 5.97 Å². The molecule has 4 nitrogen and oxygen atoms in total. The molecule has 0 radical (unpaired) electrons. The van der Waals surface area contributed by atoms with Crippen molar-refractivity contribution in [3.8, 4) is 0 Å². The SMILES string of the molecule is CC1C[C@H](C(=O)NC(C)Cc2ccccc2)[C@H](C(=O)O)C1. The molecule has 1 fully saturated rings. The van der Waals surface area contributed by atoms with Crippen molar-refractivity contribution in [2.75, 3.05) is 0 Å². The van der Waals surface area contributed by atoms with Crippen LogP contribution in [0.5, 0.6) is 0 Å². The number of nitrogens with one attached hydrogen (secondary N) is 1. The van der Waals surface area contributed by atoms with Crippen LogP contribution in [-0.2, 0) is 16.0 Å². The topological polar surface area (TPSA) is 66.4 Å². The molecule has 2 N–H and O–H groups in total. The van der Waals surface area contributed by atoms with Crippen LogP contribution in [0.4, 0.5) is 0 Å². The molecule has 0 heterocycles. The van der Waals surface area contributed by atoms with E-state index in [4.69, 9.17) is 0 Å². The number of hydrogen-bond acceptors (Lipinski definition) is 2. The van der Waals surface area contributed by atoms with Gasteiger partial charge in [-0.1, -0.05) is 37.3 Å². The Bertz CT molecular complexity index is 500. The normalized spacial score (nSPS) is 26.3. The van der Waals surface area contributed by atoms with Gasteiger partial charge in [-0.25, -0.2) is 0 Å². The summed E-state index contributed by atoms with van der Waals surface area (Å²) in [5.41, 5.74) is 1.17. The lowest BCUT2D eigenvalue weighted by Crippen LogP contribution is -2.40. The molecule has 1 aromatic carbocycles. The Balaban J connectivity index is 1.92. The zero-order chi connectivity index (χ0) is 15.4. The van der Waals surface area contributed by atoms with Gasteiger partial charge in [0.15, 0.2) is 0 Å². The van der Waals surface area contributed by atoms with E-state index in [1.165, 1.54) is 5.56 Å². The van der Waals surface area contributed by atoms with Gasteiger partial charge < -0.3 is 10.4 Å². The van der Waals surface area contributed by atoms with Gasteiger partial charge in [0.25, 0.3) is 0 Å². The Morgan fingerprint density at radius 3 is 2.48 bits per heavy atom. The fraction of sp³-hybridized carbons (Fsp3) is 0.529. The third kappa shape index (κ3) is 4.06. The molecule has 0 bridgehead atoms. The average molecular weight is 289 g/mol. The zero-order valence-electron chi connectivity index (χ0n) is 12.6. The Morgan fingerprint density at radius 2 is 1.86 bits per heavy atom. The van der Waals surface area contributed by atoms with E-state index in [1.54, 1.807) is 0 Å². The summed E-state index contributed by atoms with van der Waals surface area (Å²) >= 11 is 0. The van der Waals surface area contributed by atoms with E-state index < -0.39 is 17.8 Å². The molecule has 2 rings (SSSR count). The van der Waals surface area contributed by atoms with Gasteiger partial charge in [-0.2, -0.15) is 0 Å². The highest BCUT2D eigenvalue weighted by Gasteiger charge is 2.41. The maximum Gasteiger partial charge on any atom is 0.307 e. The van der Waals surface area contributed by atoms with E-state index in [9.17, 15) is 14.7 Å². The summed E-state index contributed by atoms with van der Waals surface area (Å²) in [4.78, 5) is 23.6. The van der Waals surface area contributed by atoms with Crippen molar-refractivity contribution in [1.29, 1.82) is 0 Å². The summed E-state index contributed by atoms with van der Waals surface area (Å²) in [5, 5.41) is 12.2. The van der Waals surface area contributed by atoms with Gasteiger partial charge in [0.1, 0.15) is 0 Å². The maximum absolute atomic E-state index is 12.3. The van der Waals surface area contributed by atoms with Gasteiger partial charge in [0.2, 0.25) is 5.91 Å². The lowest BCUT2D eigenvalue weighted by atomic mass is 9.95. The van der Waals surface area contributed by atoms with Crippen molar-refractivity contribution < 1.29 is 14.7 Å². The number of hydrogen-bond donors (Lipinski definition) is 2. The van der Waals surface area contributed by atoms with Crippen LogP contribution in [0.2, 0.25) is 0 Å². The molecule has 0 saturated heterocycles. The van der Waals surface area contributed by atoms with Crippen LogP contribution < -0.4 is 5.32 Å². The van der Waals surface area contributed by atoms with Crippen molar-refractivity contribution >= 4 is 11.9 Å². The highest BCUT2D eigenvalue weighted by Crippen LogP contribution is 2.36. The van der Waals surface area contributed by atoms with Crippen LogP contribution in [0, 0.1) is 17.8 Å². The number of benzene rings is 1. The third-order valence-corrected chi connectivity index (χ3v) is 4.23. The molecular formula is C17H23NO3. The van der Waals surface area contributed by atoms with Crippen molar-refractivity contribution in [2.24, 2.45) is 17.8 Å². The molecule has 4 heteroatoms. The number of amides is 1. The zero-order valence-corrected chi connectivity index (χ0v) is 12.6. The molecule has 21 heavy (non-hydrogen) atoms. The van der Waals surface area contributed by atoms with Crippen molar-refractivity contribution in [3.63, 3.8) is 0 Å². The number of carbonyl (C=O) groups excluding carboxylic acids is 1. The molecule has 1 aliphatic carbocycles. The Labute approximate surface area is 125 Å². The van der Waals surface area contributed by atoms with E-state index in [0.29, 0.717) is 18.8 Å². The van der Waals surface area contributed by atoms with Crippen LogP contribution in [-0.4, -0.2) is 23.0 Å². The van der Waals surface area contributed by atoms with E-state index in [0.717, 1.165) is 6.42 Å². The molecule has 0 spiro atoms. The van der Waals surface area contributed by atoms with Crippen molar-refractivity contribution in [2.45, 2.75) is 39.2 Å². The summed E-state index contributed by atoms with van der Waals surface area (Å²) in [6.45, 7) is 3.97. The monoisotopic (exact) mass is 289 g/mol. The molecule has 114 valence electrons. The standard InChI is InChI=1S/C17H23NO3/c1-11-8-14(15(9-11)17(20)21)16(19)18-12(2)10-13-6-4-3-5-7-13/h3-7,11-12,14-15H,8-10H2,1-2H3,(H,18,19)(H,20,21)/t11?,12?,14-,15+/m0/s1. The van der Waals surface area contributed by atoms with Gasteiger partial charge in [-0.15, -0.1) is 0 Å². The fourth-order valence-corrected chi connectivity index (χ4v) is 3.22. The Kier molecular flexibility index (Phi) is 4.99. The molecule has 0 aromatic heterocycles. The predicted molar refractivity (Wildman–Crippen MR) is 80.8 cm³/mol. The third-order valence-electron chi connectivity index (χ3n) is 4.23. The minimum Gasteiger partial charge on any atom is -0.481 e. The van der Waals surface area contributed by atoms with Crippen LogP contribution in [0.15, 0.2) is 30.3 Å². The Morgan fingerprint density at radius 1 is 1.24 bits per heavy atom. The van der Waals surface area contributed by atoms with Crippen molar-refractivity contribution in [1.82, 2.24) is 5.32 Å². The second-order valence-electron chi connectivity index (χ2n) is 6.23. The van der Waals surface area contributed by atoms with Crippen molar-refractivity contribution in [3.05, 3.63) is 35.9 Å². The van der Waals surface area contributed by atoms with E-state index in [2.05, 4.69) is 5.32 Å². The predicted octanol–water partition coefficient (Wildman–Crippen LogP) is 2.48. The quantitative estimate of drug-likeness (QED) is 0.875. The van der Waals surface area contributed by atoms with E-state index in [-0.39, 0.29) is 11.9 Å². The molecule has 1 aromatic rings. The highest BCUT2D eigenvalue weighted by molar-refractivity contribution is 5.85. The first kappa shape index (κ1) is 15.5. The van der Waals surface area contributed by atoms with Crippen LogP contribution in [0.25, 0.3) is 0 Å². The van der Waals surface area contributed by atoms with Gasteiger partial charge in [0.05, 0.1) is 11.8 Å². The molecule has 1 saturated carbocycles. The summed E-state index contributed by atoms with van der Waals surface area (Å²) < 4.78 is 0. The molecule has 2 unspecified atom stereocenters. The lowest BCUT2D eigenvalue weighted by Gasteiger charge is -2.19. The Hall–Kier alpha value is -1.84. The fourth-order valence-electron chi connectivity index (χ4n) is 3.22. The second kappa shape index (κ2) is 6.74. The summed E-state index contributed by atoms with van der Waals surface area (Å²) in [7, 11) is 0.